The zero-order valence-corrected chi connectivity index (χ0v) is 11.7. The van der Waals surface area contributed by atoms with Crippen molar-refractivity contribution in [1.82, 2.24) is 0 Å². The van der Waals surface area contributed by atoms with E-state index in [1.165, 1.54) is 0 Å². The summed E-state index contributed by atoms with van der Waals surface area (Å²) >= 11 is 0. The fourth-order valence-corrected chi connectivity index (χ4v) is 2.88. The zero-order valence-electron chi connectivity index (χ0n) is 11.7. The van der Waals surface area contributed by atoms with Gasteiger partial charge >= 0.3 is 11.9 Å². The standard InChI is InChI=1S/C14H18N2O4/c1-7-13(17)19-11(15-7)9-3-5-10(6-4-9)12-16-8(2)14(18)20-12/h7-10H,3-6H2,1-2H3. The van der Waals surface area contributed by atoms with Crippen molar-refractivity contribution in [3.63, 3.8) is 0 Å². The summed E-state index contributed by atoms with van der Waals surface area (Å²) in [5, 5.41) is 0. The van der Waals surface area contributed by atoms with Crippen LogP contribution >= 0.6 is 0 Å². The molecule has 6 nitrogen and oxygen atoms in total. The van der Waals surface area contributed by atoms with Gasteiger partial charge in [0.15, 0.2) is 11.8 Å². The summed E-state index contributed by atoms with van der Waals surface area (Å²) < 4.78 is 10.4. The second-order valence-electron chi connectivity index (χ2n) is 5.68. The number of ether oxygens (including phenoxy) is 2. The Bertz CT molecular complexity index is 457. The number of hydrogen-bond donors (Lipinski definition) is 0. The Morgan fingerprint density at radius 3 is 1.40 bits per heavy atom. The van der Waals surface area contributed by atoms with Crippen LogP contribution in [0.2, 0.25) is 0 Å². The molecule has 0 aromatic carbocycles. The van der Waals surface area contributed by atoms with Gasteiger partial charge in [0.1, 0.15) is 12.1 Å². The average Bonchev–Trinajstić information content (AvgIpc) is 2.94. The van der Waals surface area contributed by atoms with E-state index in [0.29, 0.717) is 11.8 Å². The molecular weight excluding hydrogens is 260 g/mol. The van der Waals surface area contributed by atoms with E-state index in [9.17, 15) is 9.59 Å². The molecular formula is C14H18N2O4. The summed E-state index contributed by atoms with van der Waals surface area (Å²) in [7, 11) is 0. The lowest BCUT2D eigenvalue weighted by atomic mass is 9.81. The highest BCUT2D eigenvalue weighted by Gasteiger charge is 2.37. The van der Waals surface area contributed by atoms with Crippen LogP contribution in [-0.2, 0) is 19.1 Å². The lowest BCUT2D eigenvalue weighted by Gasteiger charge is -2.26. The van der Waals surface area contributed by atoms with Crippen LogP contribution in [0.4, 0.5) is 0 Å². The molecule has 0 radical (unpaired) electrons. The number of cyclic esters (lactones) is 2. The molecule has 2 unspecified atom stereocenters. The minimum atomic E-state index is -0.372. The Labute approximate surface area is 117 Å². The molecule has 3 rings (SSSR count). The van der Waals surface area contributed by atoms with Gasteiger partial charge in [0.05, 0.1) is 0 Å². The summed E-state index contributed by atoms with van der Waals surface area (Å²) in [5.74, 6) is 1.06. The largest absolute Gasteiger partial charge is 0.410 e. The smallest absolute Gasteiger partial charge is 0.337 e. The van der Waals surface area contributed by atoms with Crippen LogP contribution in [0.1, 0.15) is 39.5 Å². The van der Waals surface area contributed by atoms with E-state index in [1.807, 2.05) is 0 Å². The highest BCUT2D eigenvalue weighted by atomic mass is 16.6. The van der Waals surface area contributed by atoms with Gasteiger partial charge in [-0.25, -0.2) is 19.6 Å². The third kappa shape index (κ3) is 2.34. The number of aliphatic imine (C=N–C) groups is 2. The SMILES string of the molecule is CC1N=C(C2CCC(C3=NC(C)C(=O)O3)CC2)OC1=O. The van der Waals surface area contributed by atoms with Gasteiger partial charge in [-0.2, -0.15) is 0 Å². The Hall–Kier alpha value is -1.72. The molecule has 6 heteroatoms. The molecule has 0 amide bonds. The number of rotatable bonds is 2. The van der Waals surface area contributed by atoms with E-state index in [0.717, 1.165) is 25.7 Å². The van der Waals surface area contributed by atoms with E-state index >= 15 is 0 Å². The summed E-state index contributed by atoms with van der Waals surface area (Å²) in [4.78, 5) is 31.3. The average molecular weight is 278 g/mol. The molecule has 0 N–H and O–H groups in total. The molecule has 1 aliphatic carbocycles. The number of carbonyl (C=O) groups excluding carboxylic acids is 2. The highest BCUT2D eigenvalue weighted by molar-refractivity contribution is 5.99. The van der Waals surface area contributed by atoms with Crippen molar-refractivity contribution < 1.29 is 19.1 Å². The number of carbonyl (C=O) groups is 2. The molecule has 1 saturated carbocycles. The van der Waals surface area contributed by atoms with E-state index < -0.39 is 0 Å². The minimum Gasteiger partial charge on any atom is -0.410 e. The maximum absolute atomic E-state index is 11.4. The highest BCUT2D eigenvalue weighted by Crippen LogP contribution is 2.33. The van der Waals surface area contributed by atoms with E-state index in [4.69, 9.17) is 9.47 Å². The van der Waals surface area contributed by atoms with E-state index in [2.05, 4.69) is 9.98 Å². The Balaban J connectivity index is 1.58. The second-order valence-corrected chi connectivity index (χ2v) is 5.68. The third-order valence-electron chi connectivity index (χ3n) is 4.16. The maximum atomic E-state index is 11.4. The monoisotopic (exact) mass is 278 g/mol. The number of hydrogen-bond acceptors (Lipinski definition) is 6. The molecule has 3 aliphatic rings. The van der Waals surface area contributed by atoms with Crippen LogP contribution < -0.4 is 0 Å². The van der Waals surface area contributed by atoms with Crippen LogP contribution in [0, 0.1) is 11.8 Å². The van der Waals surface area contributed by atoms with Gasteiger partial charge in [-0.05, 0) is 39.5 Å². The molecule has 2 heterocycles. The minimum absolute atomic E-state index is 0.204. The zero-order chi connectivity index (χ0) is 14.3. The Kier molecular flexibility index (Phi) is 3.31. The van der Waals surface area contributed by atoms with Gasteiger partial charge in [-0.15, -0.1) is 0 Å². The van der Waals surface area contributed by atoms with Crippen molar-refractivity contribution in [2.75, 3.05) is 0 Å². The fraction of sp³-hybridized carbons (Fsp3) is 0.714. The lowest BCUT2D eigenvalue weighted by molar-refractivity contribution is -0.136. The van der Waals surface area contributed by atoms with Crippen LogP contribution in [-0.4, -0.2) is 35.8 Å². The molecule has 0 spiro atoms. The van der Waals surface area contributed by atoms with E-state index in [1.54, 1.807) is 13.8 Å². The Morgan fingerprint density at radius 2 is 1.15 bits per heavy atom. The first kappa shape index (κ1) is 13.3. The summed E-state index contributed by atoms with van der Waals surface area (Å²) in [5.41, 5.74) is 0. The molecule has 2 atom stereocenters. The van der Waals surface area contributed by atoms with Gasteiger partial charge in [-0.1, -0.05) is 0 Å². The normalized spacial score (nSPS) is 37.3. The predicted molar refractivity (Wildman–Crippen MR) is 71.4 cm³/mol. The van der Waals surface area contributed by atoms with Crippen molar-refractivity contribution in [2.45, 2.75) is 51.6 Å². The molecule has 0 aromatic rings. The van der Waals surface area contributed by atoms with Crippen LogP contribution in [0.15, 0.2) is 9.98 Å². The lowest BCUT2D eigenvalue weighted by Crippen LogP contribution is -2.27. The van der Waals surface area contributed by atoms with Gasteiger partial charge < -0.3 is 9.47 Å². The molecule has 108 valence electrons. The quantitative estimate of drug-likeness (QED) is 0.717. The van der Waals surface area contributed by atoms with Crippen LogP contribution in [0.3, 0.4) is 0 Å². The van der Waals surface area contributed by atoms with Crippen LogP contribution in [0.25, 0.3) is 0 Å². The summed E-state index contributed by atoms with van der Waals surface area (Å²) in [6, 6.07) is -0.743. The van der Waals surface area contributed by atoms with Gasteiger partial charge in [-0.3, -0.25) is 0 Å². The molecule has 0 saturated heterocycles. The summed E-state index contributed by atoms with van der Waals surface area (Å²) in [6.45, 7) is 3.49. The Morgan fingerprint density at radius 1 is 0.800 bits per heavy atom. The summed E-state index contributed by atoms with van der Waals surface area (Å²) in [6.07, 6.45) is 3.53. The van der Waals surface area contributed by atoms with Gasteiger partial charge in [0.25, 0.3) is 0 Å². The molecule has 0 bridgehead atoms. The topological polar surface area (TPSA) is 77.3 Å². The van der Waals surface area contributed by atoms with Crippen molar-refractivity contribution in [3.05, 3.63) is 0 Å². The predicted octanol–water partition coefficient (Wildman–Crippen LogP) is 1.48. The molecule has 1 fully saturated rings. The fourth-order valence-electron chi connectivity index (χ4n) is 2.88. The second kappa shape index (κ2) is 5.00. The van der Waals surface area contributed by atoms with Crippen molar-refractivity contribution in [1.29, 1.82) is 0 Å². The first-order valence-corrected chi connectivity index (χ1v) is 7.13. The first-order valence-electron chi connectivity index (χ1n) is 7.13. The molecule has 0 aromatic heterocycles. The van der Waals surface area contributed by atoms with Crippen LogP contribution in [0.5, 0.6) is 0 Å². The van der Waals surface area contributed by atoms with Crippen molar-refractivity contribution >= 4 is 23.7 Å². The first-order chi connectivity index (χ1) is 9.54. The van der Waals surface area contributed by atoms with E-state index in [-0.39, 0.29) is 35.9 Å². The third-order valence-corrected chi connectivity index (χ3v) is 4.16. The number of nitrogens with zero attached hydrogens (tertiary/aromatic N) is 2. The van der Waals surface area contributed by atoms with Crippen molar-refractivity contribution in [3.8, 4) is 0 Å². The van der Waals surface area contributed by atoms with Crippen molar-refractivity contribution in [2.24, 2.45) is 21.8 Å². The van der Waals surface area contributed by atoms with Gasteiger partial charge in [0.2, 0.25) is 0 Å². The van der Waals surface area contributed by atoms with Gasteiger partial charge in [0, 0.05) is 11.8 Å². The maximum Gasteiger partial charge on any atom is 0.337 e. The molecule has 2 aliphatic heterocycles. The molecule has 20 heavy (non-hydrogen) atoms. The number of esters is 2.